The van der Waals surface area contributed by atoms with Crippen molar-refractivity contribution in [3.63, 3.8) is 0 Å². The lowest BCUT2D eigenvalue weighted by atomic mass is 10.0. The Kier molecular flexibility index (Phi) is 14.7. The summed E-state index contributed by atoms with van der Waals surface area (Å²) in [5, 5.41) is 3.37. The molecule has 0 saturated carbocycles. The van der Waals surface area contributed by atoms with E-state index in [0.29, 0.717) is 12.5 Å². The Morgan fingerprint density at radius 2 is 1.68 bits per heavy atom. The Morgan fingerprint density at radius 1 is 1.12 bits per heavy atom. The van der Waals surface area contributed by atoms with Gasteiger partial charge in [0.2, 0.25) is 5.91 Å². The fourth-order valence-corrected chi connectivity index (χ4v) is 3.30. The minimum atomic E-state index is 0.278. The van der Waals surface area contributed by atoms with Crippen molar-refractivity contribution in [3.8, 4) is 0 Å². The van der Waals surface area contributed by atoms with Gasteiger partial charge in [-0.1, -0.05) is 46.8 Å². The zero-order valence-electron chi connectivity index (χ0n) is 17.1. The maximum Gasteiger partial charge on any atom is 0.227 e. The first-order valence-corrected chi connectivity index (χ1v) is 11.1. The summed E-state index contributed by atoms with van der Waals surface area (Å²) in [5.74, 6) is 0.278. The molecule has 4 heteroatoms. The summed E-state index contributed by atoms with van der Waals surface area (Å²) in [7, 11) is 0. The molecule has 1 fully saturated rings. The molecule has 1 N–H and O–H groups in total. The first-order valence-electron chi connectivity index (χ1n) is 9.87. The maximum absolute atomic E-state index is 12.7. The highest BCUT2D eigenvalue weighted by molar-refractivity contribution is 7.98. The van der Waals surface area contributed by atoms with Gasteiger partial charge in [-0.05, 0) is 56.3 Å². The minimum Gasteiger partial charge on any atom is -0.339 e. The predicted octanol–water partition coefficient (Wildman–Crippen LogP) is 4.99. The first-order chi connectivity index (χ1) is 12.2. The molecule has 1 aliphatic rings. The van der Waals surface area contributed by atoms with E-state index in [2.05, 4.69) is 47.7 Å². The van der Waals surface area contributed by atoms with E-state index >= 15 is 0 Å². The second kappa shape index (κ2) is 15.3. The van der Waals surface area contributed by atoms with Gasteiger partial charge in [0.25, 0.3) is 0 Å². The highest BCUT2D eigenvalue weighted by Crippen LogP contribution is 2.17. The van der Waals surface area contributed by atoms with Gasteiger partial charge in [-0.15, -0.1) is 11.8 Å². The van der Waals surface area contributed by atoms with E-state index in [1.807, 2.05) is 27.7 Å². The molecule has 1 amide bonds. The molecule has 1 saturated heterocycles. The van der Waals surface area contributed by atoms with Crippen LogP contribution in [0.3, 0.4) is 0 Å². The number of thioether (sulfide) groups is 1. The summed E-state index contributed by atoms with van der Waals surface area (Å²) in [6.07, 6.45) is 5.79. The topological polar surface area (TPSA) is 32.3 Å². The van der Waals surface area contributed by atoms with E-state index < -0.39 is 0 Å². The lowest BCUT2D eigenvalue weighted by molar-refractivity contribution is -0.133. The Morgan fingerprint density at radius 3 is 2.16 bits per heavy atom. The van der Waals surface area contributed by atoms with Gasteiger partial charge in [0.15, 0.2) is 0 Å². The number of nitrogens with one attached hydrogen (secondary N) is 1. The van der Waals surface area contributed by atoms with Crippen LogP contribution in [-0.4, -0.2) is 42.7 Å². The van der Waals surface area contributed by atoms with Crippen molar-refractivity contribution < 1.29 is 4.79 Å². The van der Waals surface area contributed by atoms with E-state index in [0.717, 1.165) is 44.5 Å². The number of hydrogen-bond donors (Lipinski definition) is 1. The van der Waals surface area contributed by atoms with Crippen LogP contribution in [0.15, 0.2) is 29.2 Å². The number of benzene rings is 1. The van der Waals surface area contributed by atoms with Crippen molar-refractivity contribution in [1.82, 2.24) is 10.2 Å². The molecular weight excluding hydrogens is 328 g/mol. The molecular formula is C21H38N2OS. The SMILES string of the molecule is CC.CC.CCCN(C(=O)Cc1ccc(SC)cc1)C1CCNCC1. The van der Waals surface area contributed by atoms with Crippen LogP contribution in [0.4, 0.5) is 0 Å². The van der Waals surface area contributed by atoms with Gasteiger partial charge in [0.05, 0.1) is 6.42 Å². The van der Waals surface area contributed by atoms with Crippen LogP contribution in [0.25, 0.3) is 0 Å². The molecule has 1 aliphatic heterocycles. The molecule has 3 nitrogen and oxygen atoms in total. The van der Waals surface area contributed by atoms with Crippen molar-refractivity contribution in [2.75, 3.05) is 25.9 Å². The fraction of sp³-hybridized carbons (Fsp3) is 0.667. The summed E-state index contributed by atoms with van der Waals surface area (Å²) < 4.78 is 0. The minimum absolute atomic E-state index is 0.278. The van der Waals surface area contributed by atoms with Crippen molar-refractivity contribution in [2.45, 2.75) is 71.2 Å². The molecule has 1 aromatic carbocycles. The van der Waals surface area contributed by atoms with Crippen LogP contribution >= 0.6 is 11.8 Å². The molecule has 144 valence electrons. The fourth-order valence-electron chi connectivity index (χ4n) is 2.89. The second-order valence-corrected chi connectivity index (χ2v) is 6.47. The van der Waals surface area contributed by atoms with Crippen LogP contribution in [0.2, 0.25) is 0 Å². The Hall–Kier alpha value is -1.00. The summed E-state index contributed by atoms with van der Waals surface area (Å²) in [6, 6.07) is 8.78. The van der Waals surface area contributed by atoms with Crippen LogP contribution in [0, 0.1) is 0 Å². The number of hydrogen-bond acceptors (Lipinski definition) is 3. The highest BCUT2D eigenvalue weighted by atomic mass is 32.2. The van der Waals surface area contributed by atoms with Gasteiger partial charge < -0.3 is 10.2 Å². The van der Waals surface area contributed by atoms with E-state index in [1.54, 1.807) is 11.8 Å². The molecule has 0 atom stereocenters. The zero-order valence-corrected chi connectivity index (χ0v) is 17.9. The average Bonchev–Trinajstić information content (AvgIpc) is 2.70. The van der Waals surface area contributed by atoms with Crippen molar-refractivity contribution >= 4 is 17.7 Å². The van der Waals surface area contributed by atoms with Crippen molar-refractivity contribution in [2.24, 2.45) is 0 Å². The largest absolute Gasteiger partial charge is 0.339 e. The van der Waals surface area contributed by atoms with E-state index in [-0.39, 0.29) is 5.91 Å². The summed E-state index contributed by atoms with van der Waals surface area (Å²) in [6.45, 7) is 13.1. The number of amides is 1. The quantitative estimate of drug-likeness (QED) is 0.720. The van der Waals surface area contributed by atoms with Crippen molar-refractivity contribution in [1.29, 1.82) is 0 Å². The van der Waals surface area contributed by atoms with Crippen LogP contribution in [-0.2, 0) is 11.2 Å². The Balaban J connectivity index is 0.00000134. The van der Waals surface area contributed by atoms with Crippen LogP contribution in [0.1, 0.15) is 59.4 Å². The molecule has 2 rings (SSSR count). The molecule has 25 heavy (non-hydrogen) atoms. The predicted molar refractivity (Wildman–Crippen MR) is 113 cm³/mol. The van der Waals surface area contributed by atoms with Crippen LogP contribution in [0.5, 0.6) is 0 Å². The second-order valence-electron chi connectivity index (χ2n) is 5.59. The molecule has 0 aromatic heterocycles. The van der Waals surface area contributed by atoms with E-state index in [9.17, 15) is 4.79 Å². The molecule has 0 aliphatic carbocycles. The molecule has 1 heterocycles. The van der Waals surface area contributed by atoms with Gasteiger partial charge in [-0.25, -0.2) is 0 Å². The number of nitrogens with zero attached hydrogens (tertiary/aromatic N) is 1. The Labute approximate surface area is 160 Å². The van der Waals surface area contributed by atoms with Gasteiger partial charge in [-0.3, -0.25) is 4.79 Å². The monoisotopic (exact) mass is 366 g/mol. The Bertz CT molecular complexity index is 442. The average molecular weight is 367 g/mol. The lowest BCUT2D eigenvalue weighted by Gasteiger charge is -2.34. The first kappa shape index (κ1) is 24.0. The third-order valence-corrected chi connectivity index (χ3v) is 4.79. The van der Waals surface area contributed by atoms with Crippen molar-refractivity contribution in [3.05, 3.63) is 29.8 Å². The summed E-state index contributed by atoms with van der Waals surface area (Å²) in [4.78, 5) is 16.0. The maximum atomic E-state index is 12.7. The third kappa shape index (κ3) is 8.77. The van der Waals surface area contributed by atoms with Gasteiger partial charge >= 0.3 is 0 Å². The summed E-state index contributed by atoms with van der Waals surface area (Å²) >= 11 is 1.73. The third-order valence-electron chi connectivity index (χ3n) is 4.05. The molecule has 0 spiro atoms. The van der Waals surface area contributed by atoms with Gasteiger partial charge in [0.1, 0.15) is 0 Å². The standard InChI is InChI=1S/C17H26N2OS.2C2H6/c1-3-12-19(15-8-10-18-11-9-15)17(20)13-14-4-6-16(21-2)7-5-14;2*1-2/h4-7,15,18H,3,8-13H2,1-2H3;2*1-2H3. The molecule has 1 aromatic rings. The summed E-state index contributed by atoms with van der Waals surface area (Å²) in [5.41, 5.74) is 1.12. The molecule has 0 bridgehead atoms. The van der Waals surface area contributed by atoms with Gasteiger partial charge in [0, 0.05) is 17.5 Å². The number of rotatable bonds is 6. The normalized spacial score (nSPS) is 13.8. The van der Waals surface area contributed by atoms with Crippen LogP contribution < -0.4 is 5.32 Å². The van der Waals surface area contributed by atoms with E-state index in [1.165, 1.54) is 4.90 Å². The number of carbonyl (C=O) groups is 1. The smallest absolute Gasteiger partial charge is 0.227 e. The lowest BCUT2D eigenvalue weighted by Crippen LogP contribution is -2.47. The van der Waals surface area contributed by atoms with Gasteiger partial charge in [-0.2, -0.15) is 0 Å². The van der Waals surface area contributed by atoms with E-state index in [4.69, 9.17) is 0 Å². The molecule has 0 unspecified atom stereocenters. The highest BCUT2D eigenvalue weighted by Gasteiger charge is 2.24. The number of carbonyl (C=O) groups excluding carboxylic acids is 1. The zero-order chi connectivity index (χ0) is 19.1. The number of piperidine rings is 1. The molecule has 0 radical (unpaired) electrons.